The summed E-state index contributed by atoms with van der Waals surface area (Å²) in [5.41, 5.74) is 2.36. The van der Waals surface area contributed by atoms with Gasteiger partial charge in [0.25, 0.3) is 0 Å². The molecule has 2 rings (SSSR count). The molecule has 0 aliphatic carbocycles. The molecule has 0 aliphatic rings. The van der Waals surface area contributed by atoms with Crippen LogP contribution in [-0.2, 0) is 13.1 Å². The van der Waals surface area contributed by atoms with E-state index in [1.54, 1.807) is 0 Å². The highest BCUT2D eigenvalue weighted by Crippen LogP contribution is 2.16. The molecule has 0 radical (unpaired) electrons. The van der Waals surface area contributed by atoms with Gasteiger partial charge in [-0.1, -0.05) is 32.9 Å². The number of rotatable bonds is 10. The van der Waals surface area contributed by atoms with Crippen molar-refractivity contribution in [3.63, 3.8) is 0 Å². The maximum absolute atomic E-state index is 4.79. The molecule has 22 heavy (non-hydrogen) atoms. The lowest BCUT2D eigenvalue weighted by Gasteiger charge is -2.17. The van der Waals surface area contributed by atoms with E-state index in [-0.39, 0.29) is 0 Å². The first kappa shape index (κ1) is 17.0. The number of benzene rings is 1. The molecule has 1 aromatic carbocycles. The summed E-state index contributed by atoms with van der Waals surface area (Å²) in [6.45, 7) is 13.1. The van der Waals surface area contributed by atoms with Crippen molar-refractivity contribution in [1.29, 1.82) is 0 Å². The molecule has 0 amide bonds. The Balaban J connectivity index is 1.89. The first-order valence-corrected chi connectivity index (χ1v) is 8.67. The molecule has 122 valence electrons. The summed E-state index contributed by atoms with van der Waals surface area (Å²) < 4.78 is 2.35. The molecule has 1 aromatic heterocycles. The van der Waals surface area contributed by atoms with Gasteiger partial charge >= 0.3 is 0 Å². The van der Waals surface area contributed by atoms with Crippen LogP contribution in [0.3, 0.4) is 0 Å². The maximum atomic E-state index is 4.79. The van der Waals surface area contributed by atoms with Crippen molar-refractivity contribution in [2.75, 3.05) is 26.2 Å². The Morgan fingerprint density at radius 2 is 1.91 bits per heavy atom. The minimum absolute atomic E-state index is 0.854. The van der Waals surface area contributed by atoms with Crippen LogP contribution in [0, 0.1) is 0 Å². The van der Waals surface area contributed by atoms with E-state index in [0.717, 1.165) is 50.5 Å². The van der Waals surface area contributed by atoms with Gasteiger partial charge in [-0.05, 0) is 51.2 Å². The van der Waals surface area contributed by atoms with Crippen LogP contribution >= 0.6 is 0 Å². The lowest BCUT2D eigenvalue weighted by molar-refractivity contribution is 0.297. The smallest absolute Gasteiger partial charge is 0.123 e. The molecule has 0 saturated carbocycles. The normalized spacial score (nSPS) is 11.6. The fourth-order valence-electron chi connectivity index (χ4n) is 2.90. The van der Waals surface area contributed by atoms with Crippen LogP contribution in [0.4, 0.5) is 0 Å². The Morgan fingerprint density at radius 1 is 1.14 bits per heavy atom. The highest BCUT2D eigenvalue weighted by Gasteiger charge is 2.09. The number of fused-ring (bicyclic) bond motifs is 1. The summed E-state index contributed by atoms with van der Waals surface area (Å²) in [4.78, 5) is 7.25. The van der Waals surface area contributed by atoms with E-state index in [1.165, 1.54) is 18.5 Å². The largest absolute Gasteiger partial charge is 0.327 e. The number of nitrogens with one attached hydrogen (secondary N) is 1. The molecule has 1 N–H and O–H groups in total. The van der Waals surface area contributed by atoms with Crippen LogP contribution in [0.5, 0.6) is 0 Å². The summed E-state index contributed by atoms with van der Waals surface area (Å²) in [5, 5.41) is 3.56. The Morgan fingerprint density at radius 3 is 2.64 bits per heavy atom. The van der Waals surface area contributed by atoms with Gasteiger partial charge in [0, 0.05) is 6.54 Å². The molecular formula is C18H30N4. The Hall–Kier alpha value is -1.39. The quantitative estimate of drug-likeness (QED) is 0.684. The molecule has 0 unspecified atom stereocenters. The number of hydrogen-bond donors (Lipinski definition) is 1. The van der Waals surface area contributed by atoms with E-state index in [0.29, 0.717) is 0 Å². The Labute approximate surface area is 134 Å². The summed E-state index contributed by atoms with van der Waals surface area (Å²) in [5.74, 6) is 1.16. The van der Waals surface area contributed by atoms with Crippen molar-refractivity contribution in [3.05, 3.63) is 30.1 Å². The van der Waals surface area contributed by atoms with Crippen molar-refractivity contribution in [2.45, 2.75) is 46.7 Å². The SMILES string of the molecule is CCCn1c(CNCCCN(CC)CC)nc2ccccc21. The first-order valence-electron chi connectivity index (χ1n) is 8.67. The molecule has 4 heteroatoms. The average molecular weight is 302 g/mol. The van der Waals surface area contributed by atoms with E-state index < -0.39 is 0 Å². The van der Waals surface area contributed by atoms with E-state index in [4.69, 9.17) is 4.98 Å². The van der Waals surface area contributed by atoms with E-state index >= 15 is 0 Å². The van der Waals surface area contributed by atoms with E-state index in [2.05, 4.69) is 59.8 Å². The van der Waals surface area contributed by atoms with Crippen LogP contribution < -0.4 is 5.32 Å². The zero-order valence-electron chi connectivity index (χ0n) is 14.3. The molecule has 4 nitrogen and oxygen atoms in total. The molecule has 0 saturated heterocycles. The monoisotopic (exact) mass is 302 g/mol. The zero-order chi connectivity index (χ0) is 15.8. The molecule has 0 fully saturated rings. The standard InChI is InChI=1S/C18H30N4/c1-4-13-22-17-11-8-7-10-16(17)20-18(22)15-19-12-9-14-21(5-2)6-3/h7-8,10-11,19H,4-6,9,12-15H2,1-3H3. The van der Waals surface area contributed by atoms with Crippen molar-refractivity contribution in [1.82, 2.24) is 19.8 Å². The number of para-hydroxylation sites is 2. The molecule has 0 bridgehead atoms. The van der Waals surface area contributed by atoms with Crippen molar-refractivity contribution in [3.8, 4) is 0 Å². The van der Waals surface area contributed by atoms with Gasteiger partial charge in [0.1, 0.15) is 5.82 Å². The molecule has 0 aliphatic heterocycles. The molecule has 0 spiro atoms. The predicted octanol–water partition coefficient (Wildman–Crippen LogP) is 3.27. The summed E-state index contributed by atoms with van der Waals surface area (Å²) >= 11 is 0. The third-order valence-corrected chi connectivity index (χ3v) is 4.19. The third-order valence-electron chi connectivity index (χ3n) is 4.19. The van der Waals surface area contributed by atoms with Crippen LogP contribution in [0.15, 0.2) is 24.3 Å². The Bertz CT molecular complexity index is 557. The summed E-state index contributed by atoms with van der Waals surface area (Å²) in [7, 11) is 0. The number of aryl methyl sites for hydroxylation is 1. The lowest BCUT2D eigenvalue weighted by atomic mass is 10.3. The highest BCUT2D eigenvalue weighted by molar-refractivity contribution is 5.75. The van der Waals surface area contributed by atoms with Gasteiger partial charge in [-0.15, -0.1) is 0 Å². The molecular weight excluding hydrogens is 272 g/mol. The average Bonchev–Trinajstić information content (AvgIpc) is 2.89. The lowest BCUT2D eigenvalue weighted by Crippen LogP contribution is -2.27. The van der Waals surface area contributed by atoms with Gasteiger partial charge in [0.2, 0.25) is 0 Å². The van der Waals surface area contributed by atoms with E-state index in [1.807, 2.05) is 0 Å². The van der Waals surface area contributed by atoms with Crippen molar-refractivity contribution >= 4 is 11.0 Å². The van der Waals surface area contributed by atoms with Gasteiger partial charge in [0.15, 0.2) is 0 Å². The Kier molecular flexibility index (Phi) is 6.87. The number of imidazole rings is 1. The zero-order valence-corrected chi connectivity index (χ0v) is 14.3. The first-order chi connectivity index (χ1) is 10.8. The molecule has 1 heterocycles. The molecule has 2 aromatic rings. The maximum Gasteiger partial charge on any atom is 0.123 e. The van der Waals surface area contributed by atoms with Crippen LogP contribution in [-0.4, -0.2) is 40.6 Å². The van der Waals surface area contributed by atoms with Gasteiger partial charge in [-0.3, -0.25) is 0 Å². The van der Waals surface area contributed by atoms with Gasteiger partial charge in [0.05, 0.1) is 17.6 Å². The van der Waals surface area contributed by atoms with Crippen LogP contribution in [0.2, 0.25) is 0 Å². The fraction of sp³-hybridized carbons (Fsp3) is 0.611. The number of hydrogen-bond acceptors (Lipinski definition) is 3. The summed E-state index contributed by atoms with van der Waals surface area (Å²) in [6.07, 6.45) is 2.32. The number of aromatic nitrogens is 2. The third kappa shape index (κ3) is 4.31. The minimum Gasteiger partial charge on any atom is -0.327 e. The van der Waals surface area contributed by atoms with Crippen LogP contribution in [0.25, 0.3) is 11.0 Å². The fourth-order valence-corrected chi connectivity index (χ4v) is 2.90. The number of nitrogens with zero attached hydrogens (tertiary/aromatic N) is 3. The second-order valence-electron chi connectivity index (χ2n) is 5.73. The van der Waals surface area contributed by atoms with Crippen LogP contribution in [0.1, 0.15) is 39.4 Å². The predicted molar refractivity (Wildman–Crippen MR) is 94.1 cm³/mol. The van der Waals surface area contributed by atoms with E-state index in [9.17, 15) is 0 Å². The molecule has 0 atom stereocenters. The minimum atomic E-state index is 0.854. The summed E-state index contributed by atoms with van der Waals surface area (Å²) in [6, 6.07) is 8.43. The van der Waals surface area contributed by atoms with Gasteiger partial charge < -0.3 is 14.8 Å². The second kappa shape index (κ2) is 8.91. The highest BCUT2D eigenvalue weighted by atomic mass is 15.1. The van der Waals surface area contributed by atoms with Crippen molar-refractivity contribution < 1.29 is 0 Å². The van der Waals surface area contributed by atoms with Gasteiger partial charge in [-0.2, -0.15) is 0 Å². The van der Waals surface area contributed by atoms with Gasteiger partial charge in [-0.25, -0.2) is 4.98 Å². The second-order valence-corrected chi connectivity index (χ2v) is 5.73. The van der Waals surface area contributed by atoms with Crippen molar-refractivity contribution in [2.24, 2.45) is 0 Å². The topological polar surface area (TPSA) is 33.1 Å².